The fourth-order valence-electron chi connectivity index (χ4n) is 4.67. The van der Waals surface area contributed by atoms with Gasteiger partial charge in [0.1, 0.15) is 0 Å². The molecule has 2 atom stereocenters. The van der Waals surface area contributed by atoms with E-state index in [1.54, 1.807) is 0 Å². The van der Waals surface area contributed by atoms with Crippen LogP contribution in [0.5, 0.6) is 0 Å². The molecule has 0 radical (unpaired) electrons. The van der Waals surface area contributed by atoms with Gasteiger partial charge in [-0.3, -0.25) is 4.90 Å². The second kappa shape index (κ2) is 11.4. The van der Waals surface area contributed by atoms with Gasteiger partial charge in [0.25, 0.3) is 0 Å². The Balaban J connectivity index is 0.000000360. The van der Waals surface area contributed by atoms with E-state index in [9.17, 15) is 13.2 Å². The van der Waals surface area contributed by atoms with E-state index in [1.807, 2.05) is 0 Å². The first kappa shape index (κ1) is 25.0. The number of rotatable bonds is 6. The van der Waals surface area contributed by atoms with Gasteiger partial charge in [0.15, 0.2) is 0 Å². The van der Waals surface area contributed by atoms with Crippen LogP contribution in [0.1, 0.15) is 31.2 Å². The number of carboxylic acid groups (broad SMARTS) is 1. The third-order valence-electron chi connectivity index (χ3n) is 6.42. The van der Waals surface area contributed by atoms with E-state index in [0.717, 1.165) is 78.4 Å². The number of halogens is 3. The Labute approximate surface area is 186 Å². The number of aliphatic carboxylic acids is 1. The summed E-state index contributed by atoms with van der Waals surface area (Å²) >= 11 is 0. The van der Waals surface area contributed by atoms with Gasteiger partial charge < -0.3 is 19.3 Å². The van der Waals surface area contributed by atoms with Crippen molar-refractivity contribution in [3.63, 3.8) is 0 Å². The molecule has 3 aliphatic heterocycles. The van der Waals surface area contributed by atoms with Crippen LogP contribution in [0, 0.1) is 11.3 Å². The minimum atomic E-state index is -5.08. The number of alkyl halides is 3. The number of carboxylic acids is 1. The Bertz CT molecular complexity index is 711. The van der Waals surface area contributed by atoms with E-state index in [1.165, 1.54) is 5.56 Å². The molecule has 3 heterocycles. The van der Waals surface area contributed by atoms with E-state index >= 15 is 0 Å². The van der Waals surface area contributed by atoms with Crippen molar-refractivity contribution in [2.45, 2.75) is 44.5 Å². The van der Waals surface area contributed by atoms with Crippen molar-refractivity contribution in [2.24, 2.45) is 11.3 Å². The number of likely N-dealkylation sites (tertiary alicyclic amines) is 1. The molecule has 3 aliphatic rings. The Morgan fingerprint density at radius 1 is 1.16 bits per heavy atom. The fourth-order valence-corrected chi connectivity index (χ4v) is 4.67. The summed E-state index contributed by atoms with van der Waals surface area (Å²) in [7, 11) is 0. The zero-order chi connectivity index (χ0) is 23.0. The molecule has 1 aromatic carbocycles. The molecule has 0 saturated carbocycles. The molecule has 0 unspecified atom stereocenters. The van der Waals surface area contributed by atoms with Gasteiger partial charge in [0.2, 0.25) is 0 Å². The van der Waals surface area contributed by atoms with Crippen LogP contribution in [-0.4, -0.2) is 74.4 Å². The van der Waals surface area contributed by atoms with E-state index in [0.29, 0.717) is 12.0 Å². The van der Waals surface area contributed by atoms with E-state index in [2.05, 4.69) is 35.2 Å². The van der Waals surface area contributed by atoms with Gasteiger partial charge in [-0.2, -0.15) is 13.2 Å². The number of nitrogens with zero attached hydrogens (tertiary/aromatic N) is 1. The van der Waals surface area contributed by atoms with Gasteiger partial charge in [0, 0.05) is 51.5 Å². The summed E-state index contributed by atoms with van der Waals surface area (Å²) < 4.78 is 49.5. The SMILES string of the molecule is O=C(O)C(F)(F)F.c1ccc(CN2CC[C@H]3OCC[C@@]3(COCC3CCOCC3)C2)cc1. The highest BCUT2D eigenvalue weighted by Crippen LogP contribution is 2.41. The molecule has 0 aliphatic carbocycles. The van der Waals surface area contributed by atoms with E-state index in [4.69, 9.17) is 24.1 Å². The lowest BCUT2D eigenvalue weighted by atomic mass is 9.77. The predicted octanol–water partition coefficient (Wildman–Crippen LogP) is 3.74. The topological polar surface area (TPSA) is 68.2 Å². The Morgan fingerprint density at radius 2 is 1.84 bits per heavy atom. The molecule has 3 fully saturated rings. The first-order valence-corrected chi connectivity index (χ1v) is 11.1. The summed E-state index contributed by atoms with van der Waals surface area (Å²) in [5.41, 5.74) is 1.59. The molecule has 180 valence electrons. The summed E-state index contributed by atoms with van der Waals surface area (Å²) in [5.74, 6) is -2.08. The van der Waals surface area contributed by atoms with Crippen LogP contribution in [0.4, 0.5) is 13.2 Å². The van der Waals surface area contributed by atoms with Gasteiger partial charge in [-0.25, -0.2) is 4.79 Å². The predicted molar refractivity (Wildman–Crippen MR) is 111 cm³/mol. The third kappa shape index (κ3) is 7.16. The number of hydrogen-bond donors (Lipinski definition) is 1. The maximum absolute atomic E-state index is 10.6. The third-order valence-corrected chi connectivity index (χ3v) is 6.42. The summed E-state index contributed by atoms with van der Waals surface area (Å²) in [6.45, 7) is 7.68. The molecule has 9 heteroatoms. The van der Waals surface area contributed by atoms with Crippen LogP contribution in [0.15, 0.2) is 30.3 Å². The summed E-state index contributed by atoms with van der Waals surface area (Å²) in [6, 6.07) is 10.8. The number of carbonyl (C=O) groups is 1. The minimum absolute atomic E-state index is 0.193. The van der Waals surface area contributed by atoms with Crippen molar-refractivity contribution in [1.29, 1.82) is 0 Å². The average Bonchev–Trinajstić information content (AvgIpc) is 3.18. The van der Waals surface area contributed by atoms with Crippen molar-refractivity contribution in [3.05, 3.63) is 35.9 Å². The molecule has 32 heavy (non-hydrogen) atoms. The lowest BCUT2D eigenvalue weighted by molar-refractivity contribution is -0.192. The highest BCUT2D eigenvalue weighted by Gasteiger charge is 2.48. The van der Waals surface area contributed by atoms with E-state index in [-0.39, 0.29) is 5.41 Å². The molecule has 1 N–H and O–H groups in total. The molecule has 0 spiro atoms. The Hall–Kier alpha value is -1.68. The van der Waals surface area contributed by atoms with Crippen molar-refractivity contribution >= 4 is 5.97 Å². The first-order chi connectivity index (χ1) is 15.3. The molecular formula is C23H32F3NO5. The van der Waals surface area contributed by atoms with Crippen molar-refractivity contribution < 1.29 is 37.3 Å². The largest absolute Gasteiger partial charge is 0.490 e. The quantitative estimate of drug-likeness (QED) is 0.699. The summed E-state index contributed by atoms with van der Waals surface area (Å²) in [6.07, 6.45) is -0.140. The van der Waals surface area contributed by atoms with E-state index < -0.39 is 12.1 Å². The molecule has 3 saturated heterocycles. The Morgan fingerprint density at radius 3 is 2.50 bits per heavy atom. The molecule has 6 nitrogen and oxygen atoms in total. The summed E-state index contributed by atoms with van der Waals surface area (Å²) in [5, 5.41) is 7.12. The van der Waals surface area contributed by atoms with Crippen molar-refractivity contribution in [1.82, 2.24) is 4.90 Å². The second-order valence-corrected chi connectivity index (χ2v) is 8.83. The monoisotopic (exact) mass is 459 g/mol. The number of hydrogen-bond acceptors (Lipinski definition) is 5. The fraction of sp³-hybridized carbons (Fsp3) is 0.696. The van der Waals surface area contributed by atoms with Crippen molar-refractivity contribution in [3.8, 4) is 0 Å². The van der Waals surface area contributed by atoms with Gasteiger partial charge in [-0.1, -0.05) is 30.3 Å². The number of fused-ring (bicyclic) bond motifs is 1. The Kier molecular flexibility index (Phi) is 8.93. The zero-order valence-corrected chi connectivity index (χ0v) is 18.2. The van der Waals surface area contributed by atoms with Gasteiger partial charge in [-0.15, -0.1) is 0 Å². The minimum Gasteiger partial charge on any atom is -0.475 e. The molecule has 1 aromatic rings. The van der Waals surface area contributed by atoms with Gasteiger partial charge in [0.05, 0.1) is 12.7 Å². The summed E-state index contributed by atoms with van der Waals surface area (Å²) in [4.78, 5) is 11.5. The average molecular weight is 460 g/mol. The lowest BCUT2D eigenvalue weighted by Gasteiger charge is -2.43. The number of ether oxygens (including phenoxy) is 3. The smallest absolute Gasteiger partial charge is 0.475 e. The zero-order valence-electron chi connectivity index (χ0n) is 18.2. The number of piperidine rings is 1. The molecule has 0 bridgehead atoms. The highest BCUT2D eigenvalue weighted by molar-refractivity contribution is 5.73. The lowest BCUT2D eigenvalue weighted by Crippen LogP contribution is -2.51. The molecular weight excluding hydrogens is 427 g/mol. The maximum atomic E-state index is 10.6. The van der Waals surface area contributed by atoms with Crippen molar-refractivity contribution in [2.75, 3.05) is 46.1 Å². The number of benzene rings is 1. The van der Waals surface area contributed by atoms with Crippen LogP contribution >= 0.6 is 0 Å². The standard InChI is InChI=1S/C21H31NO3.C2HF3O2/c1-2-4-18(5-3-1)14-22-10-6-20-21(16-22,9-13-25-20)17-24-15-19-7-11-23-12-8-19;3-2(4,5)1(6)7/h1-5,19-20H,6-17H2;(H,6,7)/t20-,21+;/m1./s1. The van der Waals surface area contributed by atoms with Crippen LogP contribution < -0.4 is 0 Å². The van der Waals surface area contributed by atoms with Crippen LogP contribution in [0.2, 0.25) is 0 Å². The maximum Gasteiger partial charge on any atom is 0.490 e. The molecule has 4 rings (SSSR count). The molecule has 0 amide bonds. The normalized spacial score (nSPS) is 26.8. The van der Waals surface area contributed by atoms with Crippen LogP contribution in [0.3, 0.4) is 0 Å². The van der Waals surface area contributed by atoms with Crippen LogP contribution in [0.25, 0.3) is 0 Å². The first-order valence-electron chi connectivity index (χ1n) is 11.1. The second-order valence-electron chi connectivity index (χ2n) is 8.83. The van der Waals surface area contributed by atoms with Gasteiger partial charge >= 0.3 is 12.1 Å². The molecule has 0 aromatic heterocycles. The van der Waals surface area contributed by atoms with Gasteiger partial charge in [-0.05, 0) is 37.2 Å². The van der Waals surface area contributed by atoms with Crippen LogP contribution in [-0.2, 0) is 25.5 Å². The highest BCUT2D eigenvalue weighted by atomic mass is 19.4.